The third-order valence-corrected chi connectivity index (χ3v) is 6.78. The first-order valence-corrected chi connectivity index (χ1v) is 10.7. The topological polar surface area (TPSA) is 58.7 Å². The van der Waals surface area contributed by atoms with Crippen LogP contribution < -0.4 is 5.76 Å². The number of oxazole rings is 1. The fourth-order valence-electron chi connectivity index (χ4n) is 5.04. The SMILES string of the molecule is CN(C(=O)Cn1c(=O)oc2ccccc21)[C@H]1CCCN(C2Cc3ccccc3C2)C1. The summed E-state index contributed by atoms with van der Waals surface area (Å²) < 4.78 is 6.70. The van der Waals surface area contributed by atoms with Crippen molar-refractivity contribution in [2.45, 2.75) is 44.3 Å². The number of rotatable bonds is 4. The standard InChI is InChI=1S/C24H27N3O3/c1-25(23(28)16-27-21-10-4-5-11-22(21)30-24(27)29)19-9-6-12-26(15-19)20-13-17-7-2-3-8-18(17)14-20/h2-5,7-8,10-11,19-20H,6,9,12-16H2,1H3/t19-/m0/s1. The Morgan fingerprint density at radius 2 is 1.80 bits per heavy atom. The van der Waals surface area contributed by atoms with Crippen LogP contribution >= 0.6 is 0 Å². The van der Waals surface area contributed by atoms with Crippen LogP contribution in [-0.2, 0) is 24.2 Å². The molecule has 0 radical (unpaired) electrons. The van der Waals surface area contributed by atoms with E-state index in [-0.39, 0.29) is 18.5 Å². The fraction of sp³-hybridized carbons (Fsp3) is 0.417. The number of nitrogens with zero attached hydrogens (tertiary/aromatic N) is 3. The van der Waals surface area contributed by atoms with E-state index in [9.17, 15) is 9.59 Å². The van der Waals surface area contributed by atoms with Crippen LogP contribution in [0, 0.1) is 0 Å². The average Bonchev–Trinajstić information content (AvgIpc) is 3.34. The lowest BCUT2D eigenvalue weighted by Gasteiger charge is -2.40. The molecule has 1 aliphatic heterocycles. The molecule has 156 valence electrons. The number of aromatic nitrogens is 1. The summed E-state index contributed by atoms with van der Waals surface area (Å²) in [6.45, 7) is 1.99. The predicted octanol–water partition coefficient (Wildman–Crippen LogP) is 2.68. The molecule has 6 nitrogen and oxygen atoms in total. The Morgan fingerprint density at radius 1 is 1.10 bits per heavy atom. The highest BCUT2D eigenvalue weighted by molar-refractivity contribution is 5.79. The smallest absolute Gasteiger partial charge is 0.408 e. The summed E-state index contributed by atoms with van der Waals surface area (Å²) in [6, 6.07) is 16.6. The van der Waals surface area contributed by atoms with Crippen LogP contribution in [0.25, 0.3) is 11.1 Å². The number of piperidine rings is 1. The summed E-state index contributed by atoms with van der Waals surface area (Å²) >= 11 is 0. The van der Waals surface area contributed by atoms with E-state index in [1.54, 1.807) is 6.07 Å². The Morgan fingerprint density at radius 3 is 2.57 bits per heavy atom. The van der Waals surface area contributed by atoms with Gasteiger partial charge in [-0.3, -0.25) is 14.3 Å². The van der Waals surface area contributed by atoms with Crippen LogP contribution in [0.4, 0.5) is 0 Å². The van der Waals surface area contributed by atoms with Crippen LogP contribution in [0.15, 0.2) is 57.7 Å². The molecule has 0 saturated carbocycles. The Hall–Kier alpha value is -2.86. The molecule has 1 fully saturated rings. The third-order valence-electron chi connectivity index (χ3n) is 6.78. The van der Waals surface area contributed by atoms with Gasteiger partial charge < -0.3 is 9.32 Å². The zero-order valence-electron chi connectivity index (χ0n) is 17.3. The van der Waals surface area contributed by atoms with E-state index in [1.165, 1.54) is 15.7 Å². The van der Waals surface area contributed by atoms with Crippen LogP contribution in [0.5, 0.6) is 0 Å². The van der Waals surface area contributed by atoms with Crippen molar-refractivity contribution in [2.75, 3.05) is 20.1 Å². The second-order valence-electron chi connectivity index (χ2n) is 8.55. The van der Waals surface area contributed by atoms with Gasteiger partial charge in [0.1, 0.15) is 6.54 Å². The molecule has 30 heavy (non-hydrogen) atoms. The normalized spacial score (nSPS) is 19.8. The molecule has 2 heterocycles. The monoisotopic (exact) mass is 405 g/mol. The number of carbonyl (C=O) groups excluding carboxylic acids is 1. The molecule has 1 saturated heterocycles. The third kappa shape index (κ3) is 3.45. The zero-order valence-corrected chi connectivity index (χ0v) is 17.3. The molecule has 0 unspecified atom stereocenters. The van der Waals surface area contributed by atoms with E-state index < -0.39 is 5.76 Å². The highest BCUT2D eigenvalue weighted by Gasteiger charge is 2.33. The maximum atomic E-state index is 13.0. The number of hydrogen-bond donors (Lipinski definition) is 0. The van der Waals surface area contributed by atoms with Gasteiger partial charge in [-0.15, -0.1) is 0 Å². The zero-order chi connectivity index (χ0) is 20.7. The minimum absolute atomic E-state index is 0.0116. The largest absolute Gasteiger partial charge is 0.420 e. The van der Waals surface area contributed by atoms with Crippen LogP contribution in [0.2, 0.25) is 0 Å². The summed E-state index contributed by atoms with van der Waals surface area (Å²) in [5, 5.41) is 0. The van der Waals surface area contributed by atoms with Crippen molar-refractivity contribution in [3.63, 3.8) is 0 Å². The maximum Gasteiger partial charge on any atom is 0.420 e. The Kier molecular flexibility index (Phi) is 4.95. The van der Waals surface area contributed by atoms with Crippen molar-refractivity contribution in [1.82, 2.24) is 14.4 Å². The lowest BCUT2D eigenvalue weighted by Crippen LogP contribution is -2.52. The van der Waals surface area contributed by atoms with Crippen LogP contribution in [-0.4, -0.2) is 52.5 Å². The van der Waals surface area contributed by atoms with Crippen molar-refractivity contribution >= 4 is 17.0 Å². The van der Waals surface area contributed by atoms with Gasteiger partial charge in [-0.25, -0.2) is 4.79 Å². The van der Waals surface area contributed by atoms with Gasteiger partial charge >= 0.3 is 5.76 Å². The Bertz CT molecular complexity index is 1110. The van der Waals surface area contributed by atoms with Crippen molar-refractivity contribution in [3.05, 3.63) is 70.2 Å². The quantitative estimate of drug-likeness (QED) is 0.670. The van der Waals surface area contributed by atoms with E-state index in [1.807, 2.05) is 30.1 Å². The second kappa shape index (κ2) is 7.76. The van der Waals surface area contributed by atoms with E-state index in [4.69, 9.17) is 4.42 Å². The first kappa shape index (κ1) is 19.1. The molecule has 1 atom stereocenters. The Labute approximate surface area is 175 Å². The minimum Gasteiger partial charge on any atom is -0.408 e. The summed E-state index contributed by atoms with van der Waals surface area (Å²) in [5.41, 5.74) is 4.10. The molecule has 0 bridgehead atoms. The van der Waals surface area contributed by atoms with Crippen molar-refractivity contribution in [3.8, 4) is 0 Å². The number of hydrogen-bond acceptors (Lipinski definition) is 4. The van der Waals surface area contributed by atoms with Gasteiger partial charge in [0.25, 0.3) is 0 Å². The first-order valence-electron chi connectivity index (χ1n) is 10.7. The molecular formula is C24H27N3O3. The molecule has 0 spiro atoms. The molecule has 6 heteroatoms. The molecule has 1 aliphatic carbocycles. The highest BCUT2D eigenvalue weighted by Crippen LogP contribution is 2.28. The Balaban J connectivity index is 1.26. The van der Waals surface area contributed by atoms with Gasteiger partial charge in [-0.05, 0) is 55.5 Å². The predicted molar refractivity (Wildman–Crippen MR) is 115 cm³/mol. The number of carbonyl (C=O) groups is 1. The van der Waals surface area contributed by atoms with Crippen molar-refractivity contribution in [2.24, 2.45) is 0 Å². The molecule has 0 N–H and O–H groups in total. The fourth-order valence-corrected chi connectivity index (χ4v) is 5.04. The molecular weight excluding hydrogens is 378 g/mol. The number of amides is 1. The number of benzene rings is 2. The maximum absolute atomic E-state index is 13.0. The first-order chi connectivity index (χ1) is 14.6. The van der Waals surface area contributed by atoms with Crippen molar-refractivity contribution in [1.29, 1.82) is 0 Å². The molecule has 3 aromatic rings. The van der Waals surface area contributed by atoms with Gasteiger partial charge in [0.2, 0.25) is 5.91 Å². The lowest BCUT2D eigenvalue weighted by atomic mass is 10.0. The molecule has 2 aliphatic rings. The van der Waals surface area contributed by atoms with E-state index >= 15 is 0 Å². The number of fused-ring (bicyclic) bond motifs is 2. The van der Waals surface area contributed by atoms with Gasteiger partial charge in [0, 0.05) is 25.7 Å². The molecule has 1 aromatic heterocycles. The van der Waals surface area contributed by atoms with Crippen LogP contribution in [0.1, 0.15) is 24.0 Å². The highest BCUT2D eigenvalue weighted by atomic mass is 16.4. The van der Waals surface area contributed by atoms with E-state index in [2.05, 4.69) is 29.2 Å². The van der Waals surface area contributed by atoms with Crippen molar-refractivity contribution < 1.29 is 9.21 Å². The minimum atomic E-state index is -0.480. The number of likely N-dealkylation sites (tertiary alicyclic amines) is 1. The summed E-state index contributed by atoms with van der Waals surface area (Å²) in [7, 11) is 1.87. The molecule has 2 aromatic carbocycles. The van der Waals surface area contributed by atoms with Gasteiger partial charge in [0.05, 0.1) is 5.52 Å². The van der Waals surface area contributed by atoms with Crippen LogP contribution in [0.3, 0.4) is 0 Å². The van der Waals surface area contributed by atoms with Gasteiger partial charge in [-0.2, -0.15) is 0 Å². The summed E-state index contributed by atoms with van der Waals surface area (Å²) in [4.78, 5) is 29.6. The lowest BCUT2D eigenvalue weighted by molar-refractivity contribution is -0.133. The second-order valence-corrected chi connectivity index (χ2v) is 8.55. The summed E-state index contributed by atoms with van der Waals surface area (Å²) in [5.74, 6) is -0.530. The summed E-state index contributed by atoms with van der Waals surface area (Å²) in [6.07, 6.45) is 4.27. The average molecular weight is 405 g/mol. The number of para-hydroxylation sites is 2. The van der Waals surface area contributed by atoms with E-state index in [0.29, 0.717) is 17.1 Å². The van der Waals surface area contributed by atoms with Gasteiger partial charge in [0.15, 0.2) is 5.58 Å². The number of likely N-dealkylation sites (N-methyl/N-ethyl adjacent to an activating group) is 1. The van der Waals surface area contributed by atoms with E-state index in [0.717, 1.165) is 38.8 Å². The van der Waals surface area contributed by atoms with Gasteiger partial charge in [-0.1, -0.05) is 36.4 Å². The molecule has 5 rings (SSSR count). The molecule has 1 amide bonds.